The second kappa shape index (κ2) is 7.36. The second-order valence-electron chi connectivity index (χ2n) is 8.09. The summed E-state index contributed by atoms with van der Waals surface area (Å²) < 4.78 is 29.9. The number of hydrogen-bond acceptors (Lipinski definition) is 4. The van der Waals surface area contributed by atoms with E-state index >= 15 is 0 Å². The van der Waals surface area contributed by atoms with Crippen LogP contribution in [0.4, 0.5) is 14.5 Å². The van der Waals surface area contributed by atoms with Crippen molar-refractivity contribution in [3.63, 3.8) is 0 Å². The molecule has 2 aliphatic rings. The van der Waals surface area contributed by atoms with Crippen molar-refractivity contribution in [2.75, 3.05) is 24.5 Å². The number of benzene rings is 1. The van der Waals surface area contributed by atoms with Crippen LogP contribution in [0.25, 0.3) is 5.52 Å². The van der Waals surface area contributed by atoms with Crippen LogP contribution in [-0.2, 0) is 0 Å². The number of halogens is 2. The zero-order chi connectivity index (χ0) is 20.8. The minimum atomic E-state index is -0.443. The van der Waals surface area contributed by atoms with Gasteiger partial charge in [-0.05, 0) is 49.6 Å². The smallest absolute Gasteiger partial charge is 0.257 e. The number of anilines is 1. The van der Waals surface area contributed by atoms with Crippen molar-refractivity contribution in [1.29, 1.82) is 0 Å². The fraction of sp³-hybridized carbons (Fsp3) is 0.364. The van der Waals surface area contributed by atoms with Crippen LogP contribution in [0.5, 0.6) is 0 Å². The number of aromatic nitrogens is 2. The highest BCUT2D eigenvalue weighted by atomic mass is 19.1. The van der Waals surface area contributed by atoms with Gasteiger partial charge in [-0.25, -0.2) is 13.3 Å². The van der Waals surface area contributed by atoms with Gasteiger partial charge >= 0.3 is 0 Å². The lowest BCUT2D eigenvalue weighted by atomic mass is 10.0. The van der Waals surface area contributed by atoms with Crippen LogP contribution in [0.3, 0.4) is 0 Å². The molecule has 156 valence electrons. The van der Waals surface area contributed by atoms with Gasteiger partial charge in [0.05, 0.1) is 23.3 Å². The number of fused-ring (bicyclic) bond motifs is 1. The van der Waals surface area contributed by atoms with Gasteiger partial charge in [-0.2, -0.15) is 5.10 Å². The summed E-state index contributed by atoms with van der Waals surface area (Å²) in [6, 6.07) is 7.17. The molecule has 0 saturated carbocycles. The molecule has 0 bridgehead atoms. The van der Waals surface area contributed by atoms with E-state index in [0.717, 1.165) is 37.6 Å². The SMILES string of the molecule is N[C@H]1CCN(C(=O)c2cnn3ccc(N4CCC[C@@H]4c4cc(F)ccc4F)cc23)C1. The predicted octanol–water partition coefficient (Wildman–Crippen LogP) is 3.13. The van der Waals surface area contributed by atoms with Crippen LogP contribution in [0.15, 0.2) is 42.7 Å². The molecule has 0 unspecified atom stereocenters. The molecule has 6 nitrogen and oxygen atoms in total. The first-order valence-corrected chi connectivity index (χ1v) is 10.2. The molecule has 3 aromatic rings. The lowest BCUT2D eigenvalue weighted by molar-refractivity contribution is 0.0793. The van der Waals surface area contributed by atoms with Gasteiger partial charge in [0, 0.05) is 43.1 Å². The summed E-state index contributed by atoms with van der Waals surface area (Å²) in [6.45, 7) is 1.92. The van der Waals surface area contributed by atoms with Crippen LogP contribution in [0.2, 0.25) is 0 Å². The van der Waals surface area contributed by atoms with Crippen LogP contribution in [0.1, 0.15) is 41.2 Å². The van der Waals surface area contributed by atoms with Crippen molar-refractivity contribution in [3.8, 4) is 0 Å². The molecule has 4 heterocycles. The Labute approximate surface area is 172 Å². The molecule has 2 saturated heterocycles. The van der Waals surface area contributed by atoms with Gasteiger partial charge in [-0.1, -0.05) is 0 Å². The minimum Gasteiger partial charge on any atom is -0.364 e. The highest BCUT2D eigenvalue weighted by Crippen LogP contribution is 2.38. The van der Waals surface area contributed by atoms with Gasteiger partial charge in [0.1, 0.15) is 11.6 Å². The number of nitrogens with zero attached hydrogens (tertiary/aromatic N) is 4. The number of hydrogen-bond donors (Lipinski definition) is 1. The van der Waals surface area contributed by atoms with Gasteiger partial charge in [0.15, 0.2) is 0 Å². The van der Waals surface area contributed by atoms with Crippen molar-refractivity contribution >= 4 is 17.1 Å². The van der Waals surface area contributed by atoms with E-state index in [1.54, 1.807) is 21.8 Å². The van der Waals surface area contributed by atoms with Crippen LogP contribution >= 0.6 is 0 Å². The Morgan fingerprint density at radius 3 is 2.80 bits per heavy atom. The highest BCUT2D eigenvalue weighted by Gasteiger charge is 2.30. The fourth-order valence-corrected chi connectivity index (χ4v) is 4.62. The largest absolute Gasteiger partial charge is 0.364 e. The second-order valence-corrected chi connectivity index (χ2v) is 8.09. The van der Waals surface area contributed by atoms with Crippen LogP contribution < -0.4 is 10.6 Å². The summed E-state index contributed by atoms with van der Waals surface area (Å²) in [5, 5.41) is 4.31. The standard InChI is InChI=1S/C22H23F2N5O/c23-14-3-4-19(24)17(10-14)20-2-1-7-28(20)16-6-9-29-21(11-16)18(12-26-29)22(30)27-8-5-15(25)13-27/h3-4,6,9-12,15,20H,1-2,5,7-8,13,25H2/t15-,20+/m0/s1. The maximum Gasteiger partial charge on any atom is 0.257 e. The van der Waals surface area contributed by atoms with E-state index in [1.807, 2.05) is 12.1 Å². The van der Waals surface area contributed by atoms with Gasteiger partial charge in [-0.15, -0.1) is 0 Å². The van der Waals surface area contributed by atoms with Crippen molar-refractivity contribution in [1.82, 2.24) is 14.5 Å². The van der Waals surface area contributed by atoms with Crippen LogP contribution in [0, 0.1) is 11.6 Å². The third-order valence-electron chi connectivity index (χ3n) is 6.15. The zero-order valence-corrected chi connectivity index (χ0v) is 16.5. The molecule has 2 fully saturated rings. The van der Waals surface area contributed by atoms with E-state index in [-0.39, 0.29) is 18.0 Å². The molecule has 0 spiro atoms. The molecule has 0 aliphatic carbocycles. The van der Waals surface area contributed by atoms with E-state index < -0.39 is 11.6 Å². The Morgan fingerprint density at radius 1 is 1.13 bits per heavy atom. The van der Waals surface area contributed by atoms with Gasteiger partial charge in [-0.3, -0.25) is 4.79 Å². The van der Waals surface area contributed by atoms with E-state index in [1.165, 1.54) is 12.1 Å². The molecule has 1 amide bonds. The van der Waals surface area contributed by atoms with Crippen molar-refractivity contribution in [2.45, 2.75) is 31.3 Å². The summed E-state index contributed by atoms with van der Waals surface area (Å²) in [5.41, 5.74) is 8.40. The molecular formula is C22H23F2N5O. The van der Waals surface area contributed by atoms with E-state index in [2.05, 4.69) is 10.00 Å². The number of rotatable bonds is 3. The summed E-state index contributed by atoms with van der Waals surface area (Å²) in [6.07, 6.45) is 5.79. The van der Waals surface area contributed by atoms with E-state index in [0.29, 0.717) is 29.7 Å². The maximum absolute atomic E-state index is 14.4. The Hall–Kier alpha value is -3.00. The molecule has 0 radical (unpaired) electrons. The van der Waals surface area contributed by atoms with Gasteiger partial charge in [0.25, 0.3) is 5.91 Å². The molecule has 2 N–H and O–H groups in total. The fourth-order valence-electron chi connectivity index (χ4n) is 4.62. The third kappa shape index (κ3) is 3.21. The van der Waals surface area contributed by atoms with Crippen molar-refractivity contribution < 1.29 is 13.6 Å². The zero-order valence-electron chi connectivity index (χ0n) is 16.5. The Balaban J connectivity index is 1.50. The van der Waals surface area contributed by atoms with Crippen LogP contribution in [-0.4, -0.2) is 46.1 Å². The van der Waals surface area contributed by atoms with E-state index in [9.17, 15) is 13.6 Å². The Kier molecular flexibility index (Phi) is 4.66. The first-order valence-electron chi connectivity index (χ1n) is 10.2. The average Bonchev–Trinajstić information content (AvgIpc) is 3.47. The lowest BCUT2D eigenvalue weighted by Crippen LogP contribution is -2.31. The number of amides is 1. The summed E-state index contributed by atoms with van der Waals surface area (Å²) >= 11 is 0. The van der Waals surface area contributed by atoms with Crippen molar-refractivity contribution in [2.24, 2.45) is 5.73 Å². The molecule has 30 heavy (non-hydrogen) atoms. The minimum absolute atomic E-state index is 0.0119. The molecule has 2 atom stereocenters. The normalized spacial score (nSPS) is 21.7. The number of nitrogens with two attached hydrogens (primary N) is 1. The Bertz CT molecular complexity index is 1110. The van der Waals surface area contributed by atoms with E-state index in [4.69, 9.17) is 5.73 Å². The summed E-state index contributed by atoms with van der Waals surface area (Å²) in [5.74, 6) is -0.926. The maximum atomic E-state index is 14.4. The molecule has 2 aromatic heterocycles. The average molecular weight is 411 g/mol. The number of carbonyl (C=O) groups is 1. The number of carbonyl (C=O) groups excluding carboxylic acids is 1. The van der Waals surface area contributed by atoms with Gasteiger partial charge in [0.2, 0.25) is 0 Å². The summed E-state index contributed by atoms with van der Waals surface area (Å²) in [4.78, 5) is 16.8. The predicted molar refractivity (Wildman–Crippen MR) is 109 cm³/mol. The third-order valence-corrected chi connectivity index (χ3v) is 6.15. The molecular weight excluding hydrogens is 388 g/mol. The monoisotopic (exact) mass is 411 g/mol. The summed E-state index contributed by atoms with van der Waals surface area (Å²) in [7, 11) is 0. The lowest BCUT2D eigenvalue weighted by Gasteiger charge is -2.27. The Morgan fingerprint density at radius 2 is 2.00 bits per heavy atom. The topological polar surface area (TPSA) is 66.9 Å². The molecule has 1 aromatic carbocycles. The number of likely N-dealkylation sites (tertiary alicyclic amines) is 1. The molecule has 8 heteroatoms. The van der Waals surface area contributed by atoms with Crippen molar-refractivity contribution in [3.05, 3.63) is 65.5 Å². The highest BCUT2D eigenvalue weighted by molar-refractivity contribution is 6.01. The molecule has 2 aliphatic heterocycles. The first-order chi connectivity index (χ1) is 14.5. The molecule has 5 rings (SSSR count). The quantitative estimate of drug-likeness (QED) is 0.719. The first kappa shape index (κ1) is 19.0. The van der Waals surface area contributed by atoms with Gasteiger partial charge < -0.3 is 15.5 Å². The number of pyridine rings is 1.